The Morgan fingerprint density at radius 2 is 2.35 bits per heavy atom. The maximum Gasteiger partial charge on any atom is 0.343 e. The number of amides is 1. The second-order valence-electron chi connectivity index (χ2n) is 5.11. The highest BCUT2D eigenvalue weighted by atomic mass is 32.2. The number of hydrogen-bond donors (Lipinski definition) is 3. The minimum atomic E-state index is -0.712. The van der Waals surface area contributed by atoms with Gasteiger partial charge in [-0.1, -0.05) is 18.7 Å². The molecule has 1 heterocycles. The van der Waals surface area contributed by atoms with Gasteiger partial charge in [0.15, 0.2) is 5.16 Å². The molecule has 1 saturated carbocycles. The lowest BCUT2D eigenvalue weighted by Crippen LogP contribution is -2.57. The van der Waals surface area contributed by atoms with Crippen molar-refractivity contribution in [1.29, 1.82) is 0 Å². The molecule has 112 valence electrons. The number of carbonyl (C=O) groups excluding carboxylic acids is 1. The van der Waals surface area contributed by atoms with E-state index in [0.717, 1.165) is 19.3 Å². The van der Waals surface area contributed by atoms with Gasteiger partial charge in [-0.05, 0) is 32.2 Å². The lowest BCUT2D eigenvalue weighted by Gasteiger charge is -2.29. The van der Waals surface area contributed by atoms with Crippen LogP contribution in [-0.2, 0) is 11.3 Å². The van der Waals surface area contributed by atoms with Crippen LogP contribution in [0.25, 0.3) is 0 Å². The third-order valence-electron chi connectivity index (χ3n) is 3.76. The number of H-pyrrole nitrogens is 1. The fraction of sp³-hybridized carbons (Fsp3) is 0.750. The number of aromatic amines is 1. The van der Waals surface area contributed by atoms with Crippen LogP contribution in [-0.4, -0.2) is 39.0 Å². The van der Waals surface area contributed by atoms with Crippen LogP contribution in [0, 0.1) is 5.92 Å². The van der Waals surface area contributed by atoms with Gasteiger partial charge < -0.3 is 11.1 Å². The molecule has 1 aliphatic carbocycles. The highest BCUT2D eigenvalue weighted by molar-refractivity contribution is 7.99. The first-order valence-electron chi connectivity index (χ1n) is 6.82. The van der Waals surface area contributed by atoms with Gasteiger partial charge in [-0.2, -0.15) is 0 Å². The van der Waals surface area contributed by atoms with E-state index in [1.165, 1.54) is 11.8 Å². The van der Waals surface area contributed by atoms with E-state index in [1.807, 2.05) is 6.92 Å². The smallest absolute Gasteiger partial charge is 0.343 e. The summed E-state index contributed by atoms with van der Waals surface area (Å²) >= 11 is 1.39. The fourth-order valence-electron chi connectivity index (χ4n) is 2.38. The number of hydrogen-bond acceptors (Lipinski definition) is 5. The molecule has 1 aromatic rings. The number of thioether (sulfide) groups is 1. The number of nitrogens with zero attached hydrogens (tertiary/aromatic N) is 2. The molecular formula is C12H21N5O2S. The molecule has 8 heteroatoms. The summed E-state index contributed by atoms with van der Waals surface area (Å²) in [5, 5.41) is 10.2. The number of rotatable bonds is 8. The zero-order valence-corrected chi connectivity index (χ0v) is 12.6. The molecule has 0 radical (unpaired) electrons. The van der Waals surface area contributed by atoms with Crippen molar-refractivity contribution in [2.75, 3.05) is 12.8 Å². The van der Waals surface area contributed by atoms with Crippen LogP contribution in [0.5, 0.6) is 0 Å². The van der Waals surface area contributed by atoms with Gasteiger partial charge in [0, 0.05) is 12.3 Å². The van der Waals surface area contributed by atoms with Crippen LogP contribution in [0.15, 0.2) is 9.95 Å². The predicted molar refractivity (Wildman–Crippen MR) is 77.6 cm³/mol. The summed E-state index contributed by atoms with van der Waals surface area (Å²) in [5.74, 6) is 0.426. The Bertz CT molecular complexity index is 536. The lowest BCUT2D eigenvalue weighted by atomic mass is 9.95. The molecule has 2 rings (SSSR count). The molecular weight excluding hydrogens is 278 g/mol. The zero-order chi connectivity index (χ0) is 14.8. The molecule has 0 spiro atoms. The first-order chi connectivity index (χ1) is 9.55. The molecule has 4 N–H and O–H groups in total. The van der Waals surface area contributed by atoms with Crippen molar-refractivity contribution >= 4 is 17.7 Å². The summed E-state index contributed by atoms with van der Waals surface area (Å²) in [4.78, 5) is 23.4. The zero-order valence-electron chi connectivity index (χ0n) is 11.8. The normalized spacial score (nSPS) is 17.9. The number of nitrogens with two attached hydrogens (primary N) is 1. The molecule has 7 nitrogen and oxygen atoms in total. The molecule has 1 aliphatic rings. The summed E-state index contributed by atoms with van der Waals surface area (Å²) in [6.45, 7) is 2.61. The summed E-state index contributed by atoms with van der Waals surface area (Å²) in [7, 11) is 1.76. The third-order valence-corrected chi connectivity index (χ3v) is 4.93. The summed E-state index contributed by atoms with van der Waals surface area (Å²) < 4.78 is 1.60. The van der Waals surface area contributed by atoms with Gasteiger partial charge in [0.2, 0.25) is 5.91 Å². The SMILES string of the molecule is CCCn1c(SCC(NC)(C(N)=O)C2CC2)n[nH]c1=O. The summed E-state index contributed by atoms with van der Waals surface area (Å²) in [5.41, 5.74) is 4.65. The maximum absolute atomic E-state index is 11.8. The van der Waals surface area contributed by atoms with Gasteiger partial charge in [0.05, 0.1) is 0 Å². The van der Waals surface area contributed by atoms with Gasteiger partial charge in [0.25, 0.3) is 0 Å². The van der Waals surface area contributed by atoms with E-state index < -0.39 is 5.54 Å². The van der Waals surface area contributed by atoms with Gasteiger partial charge in [-0.25, -0.2) is 9.89 Å². The van der Waals surface area contributed by atoms with Crippen LogP contribution >= 0.6 is 11.8 Å². The maximum atomic E-state index is 11.8. The van der Waals surface area contributed by atoms with Crippen molar-refractivity contribution in [1.82, 2.24) is 20.1 Å². The van der Waals surface area contributed by atoms with Crippen molar-refractivity contribution in [3.63, 3.8) is 0 Å². The van der Waals surface area contributed by atoms with Crippen LogP contribution in [0.1, 0.15) is 26.2 Å². The standard InChI is InChI=1S/C12H21N5O2S/c1-3-6-17-10(19)15-16-11(17)20-7-12(14-2,9(13)18)8-4-5-8/h8,14H,3-7H2,1-2H3,(H2,13,18)(H,15,19). The van der Waals surface area contributed by atoms with Gasteiger partial charge in [0.1, 0.15) is 5.54 Å². The minimum Gasteiger partial charge on any atom is -0.368 e. The average Bonchev–Trinajstić information content (AvgIpc) is 3.20. The topological polar surface area (TPSA) is 106 Å². The molecule has 1 aromatic heterocycles. The second kappa shape index (κ2) is 6.01. The summed E-state index contributed by atoms with van der Waals surface area (Å²) in [6.07, 6.45) is 2.86. The fourth-order valence-corrected chi connectivity index (χ4v) is 3.70. The van der Waals surface area contributed by atoms with E-state index in [0.29, 0.717) is 17.5 Å². The number of primary amides is 1. The van der Waals surface area contributed by atoms with E-state index in [4.69, 9.17) is 5.73 Å². The Hall–Kier alpha value is -1.28. The van der Waals surface area contributed by atoms with Gasteiger partial charge >= 0.3 is 5.69 Å². The van der Waals surface area contributed by atoms with Gasteiger partial charge in [-0.15, -0.1) is 5.10 Å². The molecule has 1 amide bonds. The molecule has 0 aromatic carbocycles. The molecule has 1 fully saturated rings. The molecule has 0 bridgehead atoms. The van der Waals surface area contributed by atoms with Crippen LogP contribution in [0.2, 0.25) is 0 Å². The Morgan fingerprint density at radius 1 is 1.65 bits per heavy atom. The first-order valence-corrected chi connectivity index (χ1v) is 7.80. The van der Waals surface area contributed by atoms with Crippen molar-refractivity contribution < 1.29 is 4.79 Å². The Labute approximate surface area is 121 Å². The second-order valence-corrected chi connectivity index (χ2v) is 6.05. The Kier molecular flexibility index (Phi) is 4.54. The monoisotopic (exact) mass is 299 g/mol. The van der Waals surface area contributed by atoms with Crippen LogP contribution in [0.3, 0.4) is 0 Å². The number of nitrogens with one attached hydrogen (secondary N) is 2. The van der Waals surface area contributed by atoms with E-state index in [1.54, 1.807) is 11.6 Å². The number of carbonyl (C=O) groups is 1. The van der Waals surface area contributed by atoms with Crippen molar-refractivity contribution in [3.05, 3.63) is 10.5 Å². The van der Waals surface area contributed by atoms with Crippen molar-refractivity contribution in [2.24, 2.45) is 11.7 Å². The summed E-state index contributed by atoms with van der Waals surface area (Å²) in [6, 6.07) is 0. The quantitative estimate of drug-likeness (QED) is 0.583. The van der Waals surface area contributed by atoms with Gasteiger partial charge in [-0.3, -0.25) is 9.36 Å². The third kappa shape index (κ3) is 2.76. The van der Waals surface area contributed by atoms with Crippen molar-refractivity contribution in [3.8, 4) is 0 Å². The molecule has 20 heavy (non-hydrogen) atoms. The Balaban J connectivity index is 2.14. The molecule has 0 aliphatic heterocycles. The number of likely N-dealkylation sites (N-methyl/N-ethyl adjacent to an activating group) is 1. The van der Waals surface area contributed by atoms with Crippen molar-refractivity contribution in [2.45, 2.75) is 43.4 Å². The number of aromatic nitrogens is 3. The first kappa shape index (κ1) is 15.1. The lowest BCUT2D eigenvalue weighted by molar-refractivity contribution is -0.124. The molecule has 1 atom stereocenters. The molecule has 0 saturated heterocycles. The Morgan fingerprint density at radius 3 is 2.85 bits per heavy atom. The van der Waals surface area contributed by atoms with E-state index in [2.05, 4.69) is 15.5 Å². The van der Waals surface area contributed by atoms with E-state index in [-0.39, 0.29) is 17.5 Å². The molecule has 1 unspecified atom stereocenters. The van der Waals surface area contributed by atoms with Crippen LogP contribution < -0.4 is 16.7 Å². The largest absolute Gasteiger partial charge is 0.368 e. The van der Waals surface area contributed by atoms with E-state index >= 15 is 0 Å². The highest BCUT2D eigenvalue weighted by Crippen LogP contribution is 2.41. The van der Waals surface area contributed by atoms with E-state index in [9.17, 15) is 9.59 Å². The average molecular weight is 299 g/mol. The highest BCUT2D eigenvalue weighted by Gasteiger charge is 2.49. The minimum absolute atomic E-state index is 0.213. The van der Waals surface area contributed by atoms with Crippen LogP contribution in [0.4, 0.5) is 0 Å². The predicted octanol–water partition coefficient (Wildman–Crippen LogP) is -0.0730.